The Hall–Kier alpha value is -2.37. The van der Waals surface area contributed by atoms with E-state index < -0.39 is 0 Å². The summed E-state index contributed by atoms with van der Waals surface area (Å²) in [7, 11) is 1.67. The summed E-state index contributed by atoms with van der Waals surface area (Å²) in [6.07, 6.45) is 5.73. The number of nitrogens with one attached hydrogen (secondary N) is 1. The number of aromatic nitrogens is 2. The molecule has 1 N–H and O–H groups in total. The monoisotopic (exact) mass is 341 g/mol. The number of nitrogens with zero attached hydrogens (tertiary/aromatic N) is 2. The Morgan fingerprint density at radius 3 is 2.96 bits per heavy atom. The maximum atomic E-state index is 12.1. The summed E-state index contributed by atoms with van der Waals surface area (Å²) in [6.45, 7) is 0. The van der Waals surface area contributed by atoms with Gasteiger partial charge in [-0.1, -0.05) is 30.1 Å². The van der Waals surface area contributed by atoms with E-state index in [2.05, 4.69) is 27.6 Å². The van der Waals surface area contributed by atoms with Crippen LogP contribution in [0.4, 0.5) is 0 Å². The average molecular weight is 341 g/mol. The molecule has 0 saturated heterocycles. The number of hydrogen-bond acceptors (Lipinski definition) is 5. The Bertz CT molecular complexity index is 752. The second-order valence-electron chi connectivity index (χ2n) is 7.00. The van der Waals surface area contributed by atoms with E-state index in [1.54, 1.807) is 7.11 Å². The van der Waals surface area contributed by atoms with E-state index in [0.717, 1.165) is 25.0 Å². The maximum absolute atomic E-state index is 12.1. The number of carbonyl (C=O) groups is 1. The van der Waals surface area contributed by atoms with Crippen LogP contribution in [0.15, 0.2) is 28.8 Å². The van der Waals surface area contributed by atoms with Crippen LogP contribution in [0.3, 0.4) is 0 Å². The van der Waals surface area contributed by atoms with Gasteiger partial charge >= 0.3 is 0 Å². The van der Waals surface area contributed by atoms with Crippen molar-refractivity contribution in [2.75, 3.05) is 7.11 Å². The van der Waals surface area contributed by atoms with Gasteiger partial charge in [0.25, 0.3) is 0 Å². The minimum Gasteiger partial charge on any atom is -0.497 e. The van der Waals surface area contributed by atoms with Crippen LogP contribution in [-0.2, 0) is 11.2 Å². The smallest absolute Gasteiger partial charge is 0.230 e. The van der Waals surface area contributed by atoms with Gasteiger partial charge in [-0.05, 0) is 42.9 Å². The molecule has 2 atom stereocenters. The highest BCUT2D eigenvalue weighted by Crippen LogP contribution is 2.54. The van der Waals surface area contributed by atoms with Crippen LogP contribution in [0.1, 0.15) is 61.2 Å². The van der Waals surface area contributed by atoms with Gasteiger partial charge in [0.15, 0.2) is 5.82 Å². The van der Waals surface area contributed by atoms with Crippen molar-refractivity contribution in [3.05, 3.63) is 41.5 Å². The topological polar surface area (TPSA) is 77.2 Å². The van der Waals surface area contributed by atoms with Gasteiger partial charge in [0.2, 0.25) is 11.8 Å². The normalized spacial score (nSPS) is 22.8. The summed E-state index contributed by atoms with van der Waals surface area (Å²) in [6, 6.07) is 8.40. The number of benzene rings is 1. The van der Waals surface area contributed by atoms with Gasteiger partial charge in [-0.15, -0.1) is 0 Å². The van der Waals surface area contributed by atoms with E-state index in [1.807, 2.05) is 12.1 Å². The second-order valence-corrected chi connectivity index (χ2v) is 7.00. The van der Waals surface area contributed by atoms with Crippen LogP contribution in [0, 0.1) is 0 Å². The minimum absolute atomic E-state index is 0.0145. The van der Waals surface area contributed by atoms with Crippen LogP contribution in [0.25, 0.3) is 0 Å². The molecule has 0 bridgehead atoms. The first-order valence-electron chi connectivity index (χ1n) is 8.98. The molecule has 4 rings (SSSR count). The third-order valence-electron chi connectivity index (χ3n) is 5.15. The Labute approximate surface area is 147 Å². The van der Waals surface area contributed by atoms with Crippen LogP contribution in [0.5, 0.6) is 5.75 Å². The van der Waals surface area contributed by atoms with E-state index >= 15 is 0 Å². The Morgan fingerprint density at radius 1 is 1.32 bits per heavy atom. The Balaban J connectivity index is 1.34. The van der Waals surface area contributed by atoms with Gasteiger partial charge < -0.3 is 14.6 Å². The fourth-order valence-electron chi connectivity index (χ4n) is 3.69. The molecule has 0 spiro atoms. The maximum Gasteiger partial charge on any atom is 0.230 e. The standard InChI is InChI=1S/C19H23N3O3/c1-24-14-8-4-5-12(9-14)15-10-16(15)19-21-17(22-25-19)11-18(23)20-13-6-2-3-7-13/h4-5,8-9,13,15-16H,2-3,6-7,10-11H2,1H3,(H,20,23). The molecule has 1 aromatic heterocycles. The van der Waals surface area contributed by atoms with Gasteiger partial charge in [-0.25, -0.2) is 0 Å². The zero-order valence-electron chi connectivity index (χ0n) is 14.4. The first-order valence-corrected chi connectivity index (χ1v) is 8.98. The van der Waals surface area contributed by atoms with Gasteiger partial charge in [-0.3, -0.25) is 4.79 Å². The lowest BCUT2D eigenvalue weighted by atomic mass is 10.1. The average Bonchev–Trinajstić information content (AvgIpc) is 3.00. The number of ether oxygens (including phenoxy) is 1. The van der Waals surface area contributed by atoms with Crippen molar-refractivity contribution in [3.63, 3.8) is 0 Å². The number of rotatable bonds is 6. The van der Waals surface area contributed by atoms with E-state index in [-0.39, 0.29) is 18.2 Å². The molecule has 2 aliphatic rings. The largest absolute Gasteiger partial charge is 0.497 e. The number of amides is 1. The zero-order valence-corrected chi connectivity index (χ0v) is 14.4. The van der Waals surface area contributed by atoms with Crippen LogP contribution in [0.2, 0.25) is 0 Å². The van der Waals surface area contributed by atoms with E-state index in [9.17, 15) is 4.79 Å². The van der Waals surface area contributed by atoms with Crippen LogP contribution in [-0.4, -0.2) is 29.2 Å². The summed E-state index contributed by atoms with van der Waals surface area (Å²) in [5.41, 5.74) is 1.23. The summed E-state index contributed by atoms with van der Waals surface area (Å²) >= 11 is 0. The van der Waals surface area contributed by atoms with E-state index in [1.165, 1.54) is 18.4 Å². The van der Waals surface area contributed by atoms with Gasteiger partial charge in [0.05, 0.1) is 13.5 Å². The lowest BCUT2D eigenvalue weighted by Gasteiger charge is -2.10. The van der Waals surface area contributed by atoms with Crippen molar-refractivity contribution in [2.24, 2.45) is 0 Å². The highest BCUT2D eigenvalue weighted by Gasteiger charge is 2.43. The minimum atomic E-state index is -0.0145. The fourth-order valence-corrected chi connectivity index (χ4v) is 3.69. The molecule has 1 amide bonds. The summed E-state index contributed by atoms with van der Waals surface area (Å²) in [5, 5.41) is 7.04. The van der Waals surface area contributed by atoms with Crippen molar-refractivity contribution in [3.8, 4) is 5.75 Å². The zero-order chi connectivity index (χ0) is 17.2. The van der Waals surface area contributed by atoms with E-state index in [4.69, 9.17) is 9.26 Å². The number of methoxy groups -OCH3 is 1. The predicted molar refractivity (Wildman–Crippen MR) is 91.5 cm³/mol. The molecule has 25 heavy (non-hydrogen) atoms. The molecule has 6 heteroatoms. The van der Waals surface area contributed by atoms with Crippen molar-refractivity contribution in [1.82, 2.24) is 15.5 Å². The molecular weight excluding hydrogens is 318 g/mol. The third-order valence-corrected chi connectivity index (χ3v) is 5.15. The third kappa shape index (κ3) is 3.67. The van der Waals surface area contributed by atoms with Gasteiger partial charge in [-0.2, -0.15) is 4.98 Å². The summed E-state index contributed by atoms with van der Waals surface area (Å²) in [4.78, 5) is 16.5. The van der Waals surface area contributed by atoms with Crippen molar-refractivity contribution >= 4 is 5.91 Å². The van der Waals surface area contributed by atoms with Crippen molar-refractivity contribution in [2.45, 2.75) is 56.4 Å². The molecule has 2 aromatic rings. The summed E-state index contributed by atoms with van der Waals surface area (Å²) < 4.78 is 10.7. The SMILES string of the molecule is COc1cccc(C2CC2c2nc(CC(=O)NC3CCCC3)no2)c1. The molecular formula is C19H23N3O3. The molecule has 0 aliphatic heterocycles. The van der Waals surface area contributed by atoms with Crippen molar-refractivity contribution < 1.29 is 14.1 Å². The predicted octanol–water partition coefficient (Wildman–Crippen LogP) is 2.95. The lowest BCUT2D eigenvalue weighted by Crippen LogP contribution is -2.33. The quantitative estimate of drug-likeness (QED) is 0.874. The number of carbonyl (C=O) groups excluding carboxylic acids is 1. The Morgan fingerprint density at radius 2 is 2.16 bits per heavy atom. The molecule has 132 valence electrons. The fraction of sp³-hybridized carbons (Fsp3) is 0.526. The second kappa shape index (κ2) is 6.86. The number of hydrogen-bond donors (Lipinski definition) is 1. The molecule has 2 saturated carbocycles. The highest BCUT2D eigenvalue weighted by atomic mass is 16.5. The first-order chi connectivity index (χ1) is 12.2. The molecule has 0 radical (unpaired) electrons. The molecule has 2 aliphatic carbocycles. The van der Waals surface area contributed by atoms with Crippen LogP contribution >= 0.6 is 0 Å². The van der Waals surface area contributed by atoms with Crippen LogP contribution < -0.4 is 10.1 Å². The van der Waals surface area contributed by atoms with Gasteiger partial charge in [0, 0.05) is 12.0 Å². The van der Waals surface area contributed by atoms with E-state index in [0.29, 0.717) is 23.7 Å². The highest BCUT2D eigenvalue weighted by molar-refractivity contribution is 5.78. The molecule has 2 unspecified atom stereocenters. The molecule has 6 nitrogen and oxygen atoms in total. The molecule has 1 heterocycles. The van der Waals surface area contributed by atoms with Gasteiger partial charge in [0.1, 0.15) is 5.75 Å². The molecule has 1 aromatic carbocycles. The molecule has 2 fully saturated rings. The summed E-state index contributed by atoms with van der Waals surface area (Å²) in [5.74, 6) is 2.58. The lowest BCUT2D eigenvalue weighted by molar-refractivity contribution is -0.121. The first kappa shape index (κ1) is 16.1. The van der Waals surface area contributed by atoms with Crippen molar-refractivity contribution in [1.29, 1.82) is 0 Å². The Kier molecular flexibility index (Phi) is 4.42.